The number of rotatable bonds is 3. The molecule has 7 nitrogen and oxygen atoms in total. The molecule has 0 unspecified atom stereocenters. The predicted octanol–water partition coefficient (Wildman–Crippen LogP) is 4.68. The number of anilines is 1. The van der Waals surface area contributed by atoms with E-state index in [4.69, 9.17) is 0 Å². The summed E-state index contributed by atoms with van der Waals surface area (Å²) in [5.74, 6) is -0.696. The second kappa shape index (κ2) is 8.43. The summed E-state index contributed by atoms with van der Waals surface area (Å²) in [6.45, 7) is 0. The molecule has 8 heteroatoms. The van der Waals surface area contributed by atoms with E-state index in [-0.39, 0.29) is 17.2 Å². The number of H-pyrrole nitrogens is 2. The van der Waals surface area contributed by atoms with Gasteiger partial charge in [0.2, 0.25) is 5.96 Å². The number of aromatic nitrogens is 2. The minimum atomic E-state index is -0.446. The minimum absolute atomic E-state index is 0.178. The van der Waals surface area contributed by atoms with Crippen molar-refractivity contribution in [3.8, 4) is 0 Å². The van der Waals surface area contributed by atoms with Crippen LogP contribution in [-0.4, -0.2) is 21.8 Å². The van der Waals surface area contributed by atoms with E-state index in [9.17, 15) is 14.0 Å². The number of aromatic amines is 2. The lowest BCUT2D eigenvalue weighted by molar-refractivity contribution is 0.0977. The van der Waals surface area contributed by atoms with E-state index < -0.39 is 11.7 Å². The molecule has 1 aromatic heterocycles. The van der Waals surface area contributed by atoms with Crippen molar-refractivity contribution < 1.29 is 9.18 Å². The number of guanidine groups is 1. The summed E-state index contributed by atoms with van der Waals surface area (Å²) in [6.07, 6.45) is 0. The molecule has 4 N–H and O–H groups in total. The second-order valence-electron chi connectivity index (χ2n) is 7.42. The molecule has 0 spiro atoms. The van der Waals surface area contributed by atoms with Crippen molar-refractivity contribution in [2.45, 2.75) is 0 Å². The van der Waals surface area contributed by atoms with E-state index in [1.54, 1.807) is 18.2 Å². The lowest BCUT2D eigenvalue weighted by atomic mass is 10.1. The summed E-state index contributed by atoms with van der Waals surface area (Å²) in [7, 11) is 0. The molecule has 5 rings (SSSR count). The van der Waals surface area contributed by atoms with E-state index in [2.05, 4.69) is 25.6 Å². The average molecular weight is 439 g/mol. The Hall–Kier alpha value is -4.72. The highest BCUT2D eigenvalue weighted by Gasteiger charge is 2.11. The third kappa shape index (κ3) is 4.49. The Morgan fingerprint density at radius 2 is 1.58 bits per heavy atom. The van der Waals surface area contributed by atoms with Crippen LogP contribution in [0.3, 0.4) is 0 Å². The molecular weight excluding hydrogens is 421 g/mol. The number of carbonyl (C=O) groups is 1. The summed E-state index contributed by atoms with van der Waals surface area (Å²) >= 11 is 0. The van der Waals surface area contributed by atoms with Gasteiger partial charge < -0.3 is 15.3 Å². The molecule has 0 radical (unpaired) electrons. The highest BCUT2D eigenvalue weighted by atomic mass is 19.1. The molecule has 0 aliphatic rings. The molecule has 0 aliphatic carbocycles. The van der Waals surface area contributed by atoms with Gasteiger partial charge in [-0.15, -0.1) is 0 Å². The Bertz CT molecular complexity index is 1570. The van der Waals surface area contributed by atoms with E-state index >= 15 is 0 Å². The molecule has 1 heterocycles. The molecule has 5 aromatic rings. The molecule has 4 aromatic carbocycles. The monoisotopic (exact) mass is 439 g/mol. The standard InChI is InChI=1S/C25H18FN5O2/c26-18-8-5-16(6-9-18)23(32)31-24(27-19-10-7-15-3-1-2-4-17(15)13-19)28-20-11-12-21-22(14-20)30-25(33)29-21/h1-14H,(H2,29,30,33)(H2,27,28,31,32). The maximum atomic E-state index is 13.2. The van der Waals surface area contributed by atoms with Gasteiger partial charge in [0.15, 0.2) is 0 Å². The minimum Gasteiger partial charge on any atom is -0.326 e. The fourth-order valence-corrected chi connectivity index (χ4v) is 3.49. The van der Waals surface area contributed by atoms with Crippen molar-refractivity contribution in [2.24, 2.45) is 4.99 Å². The molecule has 0 saturated carbocycles. The number of aliphatic imine (C=N–C) groups is 1. The van der Waals surface area contributed by atoms with E-state index in [1.807, 2.05) is 42.5 Å². The molecule has 33 heavy (non-hydrogen) atoms. The maximum Gasteiger partial charge on any atom is 0.323 e. The van der Waals surface area contributed by atoms with Gasteiger partial charge in [0.05, 0.1) is 16.7 Å². The average Bonchev–Trinajstić information content (AvgIpc) is 3.18. The number of fused-ring (bicyclic) bond motifs is 2. The number of imidazole rings is 1. The van der Waals surface area contributed by atoms with E-state index in [1.165, 1.54) is 24.3 Å². The number of halogens is 1. The predicted molar refractivity (Wildman–Crippen MR) is 127 cm³/mol. The van der Waals surface area contributed by atoms with Gasteiger partial charge >= 0.3 is 5.69 Å². The van der Waals surface area contributed by atoms with Crippen LogP contribution < -0.4 is 16.3 Å². The smallest absolute Gasteiger partial charge is 0.323 e. The first-order valence-corrected chi connectivity index (χ1v) is 10.2. The van der Waals surface area contributed by atoms with Gasteiger partial charge in [-0.05, 0) is 65.4 Å². The Morgan fingerprint density at radius 3 is 2.39 bits per heavy atom. The molecule has 1 amide bonds. The van der Waals surface area contributed by atoms with Gasteiger partial charge in [0.1, 0.15) is 5.82 Å². The number of hydrogen-bond donors (Lipinski definition) is 4. The van der Waals surface area contributed by atoms with Crippen LogP contribution in [0.2, 0.25) is 0 Å². The van der Waals surface area contributed by atoms with E-state index in [0.717, 1.165) is 16.5 Å². The zero-order valence-electron chi connectivity index (χ0n) is 17.2. The summed E-state index contributed by atoms with van der Waals surface area (Å²) in [5, 5.41) is 8.01. The van der Waals surface area contributed by atoms with Crippen molar-refractivity contribution in [2.75, 3.05) is 5.32 Å². The summed E-state index contributed by atoms with van der Waals surface area (Å²) < 4.78 is 13.2. The van der Waals surface area contributed by atoms with Gasteiger partial charge in [-0.3, -0.25) is 10.1 Å². The van der Waals surface area contributed by atoms with Crippen LogP contribution in [-0.2, 0) is 0 Å². The third-order valence-corrected chi connectivity index (χ3v) is 5.09. The Kier molecular flexibility index (Phi) is 5.16. The van der Waals surface area contributed by atoms with E-state index in [0.29, 0.717) is 16.7 Å². The maximum absolute atomic E-state index is 13.2. The number of carbonyl (C=O) groups excluding carboxylic acids is 1. The van der Waals surface area contributed by atoms with Crippen molar-refractivity contribution in [3.05, 3.63) is 107 Å². The molecule has 0 fully saturated rings. The number of amides is 1. The first kappa shape index (κ1) is 20.2. The number of hydrogen-bond acceptors (Lipinski definition) is 3. The molecule has 0 aliphatic heterocycles. The highest BCUT2D eigenvalue weighted by Crippen LogP contribution is 2.21. The Morgan fingerprint density at radius 1 is 0.818 bits per heavy atom. The number of benzene rings is 4. The summed E-state index contributed by atoms with van der Waals surface area (Å²) in [5.41, 5.74) is 2.46. The molecule has 162 valence electrons. The van der Waals surface area contributed by atoms with Crippen LogP contribution in [0.4, 0.5) is 15.8 Å². The molecule has 0 atom stereocenters. The van der Waals surface area contributed by atoms with Gasteiger partial charge in [0, 0.05) is 11.3 Å². The lowest BCUT2D eigenvalue weighted by Crippen LogP contribution is -2.35. The Balaban J connectivity index is 1.50. The highest BCUT2D eigenvalue weighted by molar-refractivity contribution is 6.11. The summed E-state index contributed by atoms with van der Waals surface area (Å²) in [4.78, 5) is 34.2. The Labute approximate surface area is 187 Å². The van der Waals surface area contributed by atoms with Crippen molar-refractivity contribution in [1.82, 2.24) is 15.3 Å². The molecular formula is C25H18FN5O2. The van der Waals surface area contributed by atoms with Crippen LogP contribution in [0.1, 0.15) is 10.4 Å². The fraction of sp³-hybridized carbons (Fsp3) is 0. The lowest BCUT2D eigenvalue weighted by Gasteiger charge is -2.13. The largest absolute Gasteiger partial charge is 0.326 e. The van der Waals surface area contributed by atoms with Crippen molar-refractivity contribution in [1.29, 1.82) is 0 Å². The quantitative estimate of drug-likeness (QED) is 0.243. The second-order valence-corrected chi connectivity index (χ2v) is 7.42. The number of nitrogens with zero attached hydrogens (tertiary/aromatic N) is 1. The van der Waals surface area contributed by atoms with Crippen LogP contribution in [0.5, 0.6) is 0 Å². The molecule has 0 saturated heterocycles. The van der Waals surface area contributed by atoms with Crippen molar-refractivity contribution >= 4 is 45.0 Å². The van der Waals surface area contributed by atoms with Crippen molar-refractivity contribution in [3.63, 3.8) is 0 Å². The van der Waals surface area contributed by atoms with Gasteiger partial charge in [-0.25, -0.2) is 14.2 Å². The number of nitrogens with one attached hydrogen (secondary N) is 4. The van der Waals surface area contributed by atoms with Gasteiger partial charge in [-0.1, -0.05) is 30.3 Å². The normalized spacial score (nSPS) is 11.6. The van der Waals surface area contributed by atoms with Crippen LogP contribution >= 0.6 is 0 Å². The van der Waals surface area contributed by atoms with Gasteiger partial charge in [0.25, 0.3) is 5.91 Å². The zero-order chi connectivity index (χ0) is 22.8. The van der Waals surface area contributed by atoms with Crippen LogP contribution in [0.15, 0.2) is 94.7 Å². The first-order valence-electron chi connectivity index (χ1n) is 10.2. The third-order valence-electron chi connectivity index (χ3n) is 5.09. The topological polar surface area (TPSA) is 102 Å². The molecule has 0 bridgehead atoms. The first-order chi connectivity index (χ1) is 16.0. The SMILES string of the molecule is O=C(NC(=Nc1ccc2[nH]c(=O)[nH]c2c1)Nc1ccc2ccccc2c1)c1ccc(F)cc1. The fourth-order valence-electron chi connectivity index (χ4n) is 3.49. The zero-order valence-corrected chi connectivity index (χ0v) is 17.2. The van der Waals surface area contributed by atoms with Gasteiger partial charge in [-0.2, -0.15) is 0 Å². The van der Waals surface area contributed by atoms with Crippen LogP contribution in [0.25, 0.3) is 21.8 Å². The van der Waals surface area contributed by atoms with Crippen LogP contribution in [0, 0.1) is 5.82 Å². The summed E-state index contributed by atoms with van der Waals surface area (Å²) in [6, 6.07) is 24.1.